The van der Waals surface area contributed by atoms with Crippen LogP contribution in [0.3, 0.4) is 0 Å². The van der Waals surface area contributed by atoms with E-state index < -0.39 is 0 Å². The van der Waals surface area contributed by atoms with E-state index in [1.807, 2.05) is 12.4 Å². The predicted octanol–water partition coefficient (Wildman–Crippen LogP) is 3.66. The van der Waals surface area contributed by atoms with Crippen LogP contribution in [0.25, 0.3) is 0 Å². The summed E-state index contributed by atoms with van der Waals surface area (Å²) >= 11 is 0. The second-order valence-corrected chi connectivity index (χ2v) is 6.12. The molecule has 0 aliphatic heterocycles. The Balaban J connectivity index is 1.93. The van der Waals surface area contributed by atoms with Crippen LogP contribution in [-0.4, -0.2) is 16.0 Å². The summed E-state index contributed by atoms with van der Waals surface area (Å²) in [6.07, 6.45) is 10.6. The van der Waals surface area contributed by atoms with Gasteiger partial charge >= 0.3 is 0 Å². The Morgan fingerprint density at radius 2 is 2.00 bits per heavy atom. The van der Waals surface area contributed by atoms with Gasteiger partial charge in [0.1, 0.15) is 5.82 Å². The van der Waals surface area contributed by atoms with E-state index in [4.69, 9.17) is 0 Å². The van der Waals surface area contributed by atoms with Gasteiger partial charge in [-0.05, 0) is 18.8 Å². The zero-order valence-corrected chi connectivity index (χ0v) is 12.5. The highest BCUT2D eigenvalue weighted by molar-refractivity contribution is 5.08. The minimum Gasteiger partial charge on any atom is -0.310 e. The lowest BCUT2D eigenvalue weighted by molar-refractivity contribution is 0.307. The van der Waals surface area contributed by atoms with Crippen LogP contribution in [-0.2, 0) is 6.54 Å². The first-order chi connectivity index (χ1) is 9.19. The molecule has 0 saturated heterocycles. The van der Waals surface area contributed by atoms with Crippen molar-refractivity contribution in [3.63, 3.8) is 0 Å². The Kier molecular flexibility index (Phi) is 5.32. The van der Waals surface area contributed by atoms with Crippen molar-refractivity contribution in [2.24, 2.45) is 5.92 Å². The predicted molar refractivity (Wildman–Crippen MR) is 79.0 cm³/mol. The van der Waals surface area contributed by atoms with Gasteiger partial charge in [-0.1, -0.05) is 40.0 Å². The van der Waals surface area contributed by atoms with Crippen molar-refractivity contribution in [3.05, 3.63) is 23.8 Å². The standard InChI is InChI=1S/C16H27N3/c1-4-13-6-5-7-15(8-13)16-18-10-14(11-19-16)9-17-12(2)3/h10-13,15,17H,4-9H2,1-3H3. The molecule has 106 valence electrons. The summed E-state index contributed by atoms with van der Waals surface area (Å²) in [5.74, 6) is 2.53. The fourth-order valence-corrected chi connectivity index (χ4v) is 2.89. The Morgan fingerprint density at radius 3 is 2.63 bits per heavy atom. The van der Waals surface area contributed by atoms with Gasteiger partial charge < -0.3 is 5.32 Å². The quantitative estimate of drug-likeness (QED) is 0.879. The van der Waals surface area contributed by atoms with Crippen molar-refractivity contribution in [1.29, 1.82) is 0 Å². The molecule has 0 amide bonds. The third kappa shape index (κ3) is 4.27. The van der Waals surface area contributed by atoms with Gasteiger partial charge in [0.2, 0.25) is 0 Å². The summed E-state index contributed by atoms with van der Waals surface area (Å²) in [6.45, 7) is 7.47. The monoisotopic (exact) mass is 261 g/mol. The molecular formula is C16H27N3. The lowest BCUT2D eigenvalue weighted by Gasteiger charge is -2.27. The number of nitrogens with zero attached hydrogens (tertiary/aromatic N) is 2. The average molecular weight is 261 g/mol. The van der Waals surface area contributed by atoms with Gasteiger partial charge in [0, 0.05) is 36.5 Å². The third-order valence-electron chi connectivity index (χ3n) is 4.17. The lowest BCUT2D eigenvalue weighted by atomic mass is 9.80. The molecule has 1 aliphatic carbocycles. The molecule has 2 atom stereocenters. The smallest absolute Gasteiger partial charge is 0.131 e. The fraction of sp³-hybridized carbons (Fsp3) is 0.750. The average Bonchev–Trinajstić information content (AvgIpc) is 2.45. The van der Waals surface area contributed by atoms with Gasteiger partial charge in [0.25, 0.3) is 0 Å². The molecule has 3 heteroatoms. The molecule has 0 aromatic carbocycles. The highest BCUT2D eigenvalue weighted by Crippen LogP contribution is 2.35. The van der Waals surface area contributed by atoms with Crippen LogP contribution in [0.15, 0.2) is 12.4 Å². The maximum Gasteiger partial charge on any atom is 0.131 e. The van der Waals surface area contributed by atoms with Crippen LogP contribution in [0.2, 0.25) is 0 Å². The van der Waals surface area contributed by atoms with Gasteiger partial charge in [0.05, 0.1) is 0 Å². The van der Waals surface area contributed by atoms with Gasteiger partial charge in [-0.2, -0.15) is 0 Å². The minimum absolute atomic E-state index is 0.503. The van der Waals surface area contributed by atoms with E-state index in [9.17, 15) is 0 Å². The zero-order valence-electron chi connectivity index (χ0n) is 12.5. The summed E-state index contributed by atoms with van der Waals surface area (Å²) < 4.78 is 0. The zero-order chi connectivity index (χ0) is 13.7. The molecule has 1 aromatic heterocycles. The summed E-state index contributed by atoms with van der Waals surface area (Å²) in [7, 11) is 0. The van der Waals surface area contributed by atoms with E-state index in [1.54, 1.807) is 0 Å². The first-order valence-electron chi connectivity index (χ1n) is 7.73. The fourth-order valence-electron chi connectivity index (χ4n) is 2.89. The van der Waals surface area contributed by atoms with Crippen molar-refractivity contribution in [2.45, 2.75) is 71.4 Å². The van der Waals surface area contributed by atoms with Gasteiger partial charge in [-0.15, -0.1) is 0 Å². The molecule has 0 bridgehead atoms. The lowest BCUT2D eigenvalue weighted by Crippen LogP contribution is -2.22. The van der Waals surface area contributed by atoms with E-state index in [-0.39, 0.29) is 0 Å². The van der Waals surface area contributed by atoms with Crippen molar-refractivity contribution < 1.29 is 0 Å². The molecule has 0 radical (unpaired) electrons. The molecule has 2 rings (SSSR count). The van der Waals surface area contributed by atoms with Gasteiger partial charge in [-0.3, -0.25) is 0 Å². The largest absolute Gasteiger partial charge is 0.310 e. The SMILES string of the molecule is CCC1CCCC(c2ncc(CNC(C)C)cn2)C1. The molecular weight excluding hydrogens is 234 g/mol. The Bertz CT molecular complexity index is 372. The molecule has 1 N–H and O–H groups in total. The summed E-state index contributed by atoms with van der Waals surface area (Å²) in [5.41, 5.74) is 1.18. The second kappa shape index (κ2) is 6.99. The van der Waals surface area contributed by atoms with Crippen molar-refractivity contribution in [3.8, 4) is 0 Å². The number of hydrogen-bond donors (Lipinski definition) is 1. The highest BCUT2D eigenvalue weighted by atomic mass is 14.9. The highest BCUT2D eigenvalue weighted by Gasteiger charge is 2.23. The molecule has 1 aromatic rings. The van der Waals surface area contributed by atoms with Gasteiger partial charge in [-0.25, -0.2) is 9.97 Å². The molecule has 3 nitrogen and oxygen atoms in total. The van der Waals surface area contributed by atoms with E-state index >= 15 is 0 Å². The topological polar surface area (TPSA) is 37.8 Å². The molecule has 19 heavy (non-hydrogen) atoms. The summed E-state index contributed by atoms with van der Waals surface area (Å²) in [4.78, 5) is 9.20. The van der Waals surface area contributed by atoms with E-state index in [2.05, 4.69) is 36.1 Å². The van der Waals surface area contributed by atoms with Crippen molar-refractivity contribution in [2.75, 3.05) is 0 Å². The molecule has 1 saturated carbocycles. The number of nitrogens with one attached hydrogen (secondary N) is 1. The number of rotatable bonds is 5. The normalized spacial score (nSPS) is 23.8. The van der Waals surface area contributed by atoms with Crippen LogP contribution in [0.4, 0.5) is 0 Å². The van der Waals surface area contributed by atoms with Crippen LogP contribution in [0.5, 0.6) is 0 Å². The van der Waals surface area contributed by atoms with E-state index in [1.165, 1.54) is 37.7 Å². The molecule has 0 spiro atoms. The van der Waals surface area contributed by atoms with Gasteiger partial charge in [0.15, 0.2) is 0 Å². The Labute approximate surface area is 117 Å². The Morgan fingerprint density at radius 1 is 1.26 bits per heavy atom. The molecule has 1 aliphatic rings. The first-order valence-corrected chi connectivity index (χ1v) is 7.73. The number of aromatic nitrogens is 2. The van der Waals surface area contributed by atoms with E-state index in [0.29, 0.717) is 12.0 Å². The van der Waals surface area contributed by atoms with Crippen LogP contribution in [0.1, 0.15) is 70.2 Å². The maximum atomic E-state index is 4.60. The molecule has 1 heterocycles. The molecule has 1 fully saturated rings. The molecule has 2 unspecified atom stereocenters. The van der Waals surface area contributed by atoms with Crippen LogP contribution >= 0.6 is 0 Å². The summed E-state index contributed by atoms with van der Waals surface area (Å²) in [5, 5.41) is 3.40. The number of hydrogen-bond acceptors (Lipinski definition) is 3. The van der Waals surface area contributed by atoms with E-state index in [0.717, 1.165) is 18.3 Å². The van der Waals surface area contributed by atoms with Crippen molar-refractivity contribution in [1.82, 2.24) is 15.3 Å². The first kappa shape index (κ1) is 14.4. The summed E-state index contributed by atoms with van der Waals surface area (Å²) in [6, 6.07) is 0.503. The van der Waals surface area contributed by atoms with Crippen molar-refractivity contribution >= 4 is 0 Å². The minimum atomic E-state index is 0.503. The maximum absolute atomic E-state index is 4.60. The third-order valence-corrected chi connectivity index (χ3v) is 4.17. The van der Waals surface area contributed by atoms with Crippen LogP contribution < -0.4 is 5.32 Å². The second-order valence-electron chi connectivity index (χ2n) is 6.12. The van der Waals surface area contributed by atoms with Crippen LogP contribution in [0, 0.1) is 5.92 Å². The Hall–Kier alpha value is -0.960.